The summed E-state index contributed by atoms with van der Waals surface area (Å²) >= 11 is 1.03. The first kappa shape index (κ1) is 51.6. The molecule has 0 bridgehead atoms. The van der Waals surface area contributed by atoms with Crippen LogP contribution in [-0.2, 0) is 55.5 Å². The summed E-state index contributed by atoms with van der Waals surface area (Å²) in [6, 6.07) is 0. The van der Waals surface area contributed by atoms with Gasteiger partial charge in [0.1, 0.15) is 42.0 Å². The molecule has 1 aliphatic rings. The van der Waals surface area contributed by atoms with E-state index in [0.29, 0.717) is 18.6 Å². The van der Waals surface area contributed by atoms with Crippen molar-refractivity contribution >= 4 is 74.9 Å². The van der Waals surface area contributed by atoms with Crippen molar-refractivity contribution in [3.8, 4) is 0 Å². The van der Waals surface area contributed by atoms with Gasteiger partial charge in [-0.05, 0) is 11.8 Å². The molecule has 0 saturated carbocycles. The van der Waals surface area contributed by atoms with E-state index >= 15 is 0 Å². The smallest absolute Gasteiger partial charge is 0.386 e. The highest BCUT2D eigenvalue weighted by Gasteiger charge is 2.50. The third-order valence-electron chi connectivity index (χ3n) is 8.49. The Labute approximate surface area is 348 Å². The van der Waals surface area contributed by atoms with Crippen molar-refractivity contribution in [2.75, 3.05) is 37.8 Å². The van der Waals surface area contributed by atoms with Crippen molar-refractivity contribution < 1.29 is 85.3 Å². The number of phosphoric ester groups is 3. The minimum atomic E-state index is -5.58. The van der Waals surface area contributed by atoms with E-state index < -0.39 is 84.6 Å². The predicted molar refractivity (Wildman–Crippen MR) is 210 cm³/mol. The van der Waals surface area contributed by atoms with Crippen molar-refractivity contribution in [3.05, 3.63) is 12.7 Å². The van der Waals surface area contributed by atoms with E-state index in [0.717, 1.165) is 29.0 Å². The number of nitrogen functional groups attached to an aromatic ring is 1. The van der Waals surface area contributed by atoms with Crippen molar-refractivity contribution in [1.29, 1.82) is 0 Å². The van der Waals surface area contributed by atoms with E-state index in [1.54, 1.807) is 0 Å². The molecule has 2 aromatic rings. The minimum absolute atomic E-state index is 0.0256. The van der Waals surface area contributed by atoms with E-state index in [2.05, 4.69) is 34.4 Å². The van der Waals surface area contributed by atoms with Crippen LogP contribution in [0, 0.1) is 17.3 Å². The van der Waals surface area contributed by atoms with Gasteiger partial charge >= 0.3 is 23.5 Å². The summed E-state index contributed by atoms with van der Waals surface area (Å²) in [5.74, 6) is -0.952. The Hall–Kier alpha value is -2.77. The second-order valence-corrected chi connectivity index (χ2v) is 20.3. The number of hydrogen-bond donors (Lipinski definition) is 9. The summed E-state index contributed by atoms with van der Waals surface area (Å²) in [6.45, 7) is 6.11. The van der Waals surface area contributed by atoms with Gasteiger partial charge in [0, 0.05) is 49.9 Å². The molecule has 10 N–H and O–H groups in total. The standard InChI is InChI=1S/C31H52N7O18P3S/c1-17(2)10-19(39)11-18(3)12-22(41)60-9-8-33-21(40)6-7-34-29(44)26(43)31(4,5)14-53-59(50,51)56-58(48,49)52-13-20-25(55-57(45,46)47)24(42)30(54-20)38-16-37-23-27(32)35-15-36-28(23)38/h15-18,20,24-26,30,42-43H,6-14H2,1-5H3,(H,33,40)(H,34,44)(H,48,49)(H,50,51)(H2,32,35,36)(H2,45,46,47)/t18-,20+,24+,25+,26-,30+/m0/s1. The number of carbonyl (C=O) groups is 4. The van der Waals surface area contributed by atoms with Crippen LogP contribution in [-0.4, -0.2) is 128 Å². The van der Waals surface area contributed by atoms with Crippen molar-refractivity contribution in [1.82, 2.24) is 30.2 Å². The highest BCUT2D eigenvalue weighted by molar-refractivity contribution is 8.13. The van der Waals surface area contributed by atoms with Crippen LogP contribution >= 0.6 is 35.2 Å². The Kier molecular flexibility index (Phi) is 18.9. The third-order valence-corrected chi connectivity index (χ3v) is 12.5. The van der Waals surface area contributed by atoms with Gasteiger partial charge in [-0.15, -0.1) is 0 Å². The van der Waals surface area contributed by atoms with Gasteiger partial charge in [-0.3, -0.25) is 37.3 Å². The molecule has 2 amide bonds. The lowest BCUT2D eigenvalue weighted by Gasteiger charge is -2.30. The van der Waals surface area contributed by atoms with Crippen LogP contribution in [0.4, 0.5) is 5.82 Å². The quantitative estimate of drug-likeness (QED) is 0.0488. The molecular formula is C31H52N7O18P3S. The molecule has 29 heteroatoms. The third kappa shape index (κ3) is 16.5. The number of rotatable bonds is 25. The first-order valence-corrected chi connectivity index (χ1v) is 23.8. The van der Waals surface area contributed by atoms with Crippen LogP contribution in [0.5, 0.6) is 0 Å². The molecule has 0 radical (unpaired) electrons. The number of carbonyl (C=O) groups excluding carboxylic acids is 4. The van der Waals surface area contributed by atoms with E-state index in [1.165, 1.54) is 13.8 Å². The number of nitrogens with two attached hydrogens (primary N) is 1. The number of amides is 2. The maximum absolute atomic E-state index is 12.7. The van der Waals surface area contributed by atoms with Crippen LogP contribution in [0.25, 0.3) is 11.2 Å². The first-order chi connectivity index (χ1) is 27.7. The number of aromatic nitrogens is 4. The Balaban J connectivity index is 1.44. The van der Waals surface area contributed by atoms with Gasteiger partial charge in [0.15, 0.2) is 22.8 Å². The summed E-state index contributed by atoms with van der Waals surface area (Å²) in [4.78, 5) is 100.0. The summed E-state index contributed by atoms with van der Waals surface area (Å²) in [5.41, 5.74) is 4.24. The van der Waals surface area contributed by atoms with Crippen molar-refractivity contribution in [2.24, 2.45) is 17.3 Å². The largest absolute Gasteiger partial charge is 0.481 e. The van der Waals surface area contributed by atoms with Crippen LogP contribution < -0.4 is 16.4 Å². The SMILES string of the molecule is CC(C)CC(=O)C[C@H](C)CC(=O)SCCNC(=O)CCNC(=O)[C@H](O)C(C)(C)COP(=O)(O)OP(=O)(O)OC[C@H]1O[C@@H](n2cnc3c(N)ncnc32)[C@H](O)[C@@H]1OP(=O)(O)O. The molecule has 8 atom stereocenters. The second kappa shape index (κ2) is 22.0. The predicted octanol–water partition coefficient (Wildman–Crippen LogP) is 0.696. The monoisotopic (exact) mass is 935 g/mol. The number of hydrogen-bond acceptors (Lipinski definition) is 19. The van der Waals surface area contributed by atoms with Crippen LogP contribution in [0.3, 0.4) is 0 Å². The zero-order valence-corrected chi connectivity index (χ0v) is 36.8. The minimum Gasteiger partial charge on any atom is -0.386 e. The number of Topliss-reactive ketones (excluding diaryl/α,β-unsaturated/α-hetero) is 1. The number of thioether (sulfide) groups is 1. The van der Waals surface area contributed by atoms with Crippen LogP contribution in [0.2, 0.25) is 0 Å². The molecular weight excluding hydrogens is 883 g/mol. The Morgan fingerprint density at radius 3 is 2.30 bits per heavy atom. The van der Waals surface area contributed by atoms with E-state index in [9.17, 15) is 62.7 Å². The summed E-state index contributed by atoms with van der Waals surface area (Å²) < 4.78 is 62.2. The van der Waals surface area contributed by atoms with E-state index in [4.69, 9.17) is 19.5 Å². The average molecular weight is 936 g/mol. The van der Waals surface area contributed by atoms with Gasteiger partial charge in [0.2, 0.25) is 11.8 Å². The summed E-state index contributed by atoms with van der Waals surface area (Å²) in [5, 5.41) is 26.3. The van der Waals surface area contributed by atoms with Gasteiger partial charge in [0.05, 0.1) is 19.5 Å². The molecule has 0 aromatic carbocycles. The zero-order chi connectivity index (χ0) is 45.2. The van der Waals surface area contributed by atoms with Gasteiger partial charge in [-0.2, -0.15) is 4.31 Å². The fourth-order valence-electron chi connectivity index (χ4n) is 5.64. The molecule has 25 nitrogen and oxygen atoms in total. The number of ether oxygens (including phenoxy) is 1. The normalized spacial score (nSPS) is 21.6. The summed E-state index contributed by atoms with van der Waals surface area (Å²) in [6.07, 6.45) is -5.98. The van der Waals surface area contributed by atoms with E-state index in [1.807, 2.05) is 20.8 Å². The lowest BCUT2D eigenvalue weighted by atomic mass is 9.87. The maximum atomic E-state index is 12.7. The molecule has 340 valence electrons. The van der Waals surface area contributed by atoms with Gasteiger partial charge < -0.3 is 50.9 Å². The molecule has 1 saturated heterocycles. The molecule has 1 aliphatic heterocycles. The molecule has 0 spiro atoms. The first-order valence-electron chi connectivity index (χ1n) is 18.3. The number of phosphoric acid groups is 3. The number of aliphatic hydroxyl groups excluding tert-OH is 2. The van der Waals surface area contributed by atoms with Gasteiger partial charge in [-0.25, -0.2) is 28.6 Å². The molecule has 60 heavy (non-hydrogen) atoms. The molecule has 0 aliphatic carbocycles. The number of fused-ring (bicyclic) bond motifs is 1. The zero-order valence-electron chi connectivity index (χ0n) is 33.3. The Morgan fingerprint density at radius 1 is 0.983 bits per heavy atom. The Morgan fingerprint density at radius 2 is 1.65 bits per heavy atom. The van der Waals surface area contributed by atoms with Crippen molar-refractivity contribution in [3.63, 3.8) is 0 Å². The van der Waals surface area contributed by atoms with Crippen LogP contribution in [0.15, 0.2) is 12.7 Å². The lowest BCUT2D eigenvalue weighted by Crippen LogP contribution is -2.46. The topological polar surface area (TPSA) is 381 Å². The molecule has 2 unspecified atom stereocenters. The number of nitrogens with one attached hydrogen (secondary N) is 2. The second-order valence-electron chi connectivity index (χ2n) is 14.9. The highest BCUT2D eigenvalue weighted by atomic mass is 32.2. The number of imidazole rings is 1. The Bertz CT molecular complexity index is 1970. The van der Waals surface area contributed by atoms with Crippen molar-refractivity contribution in [2.45, 2.75) is 90.9 Å². The number of anilines is 1. The van der Waals surface area contributed by atoms with Crippen LogP contribution in [0.1, 0.15) is 66.5 Å². The van der Waals surface area contributed by atoms with Gasteiger partial charge in [-0.1, -0.05) is 46.4 Å². The molecule has 3 heterocycles. The highest BCUT2D eigenvalue weighted by Crippen LogP contribution is 2.61. The number of nitrogens with zero attached hydrogens (tertiary/aromatic N) is 4. The maximum Gasteiger partial charge on any atom is 0.481 e. The molecule has 1 fully saturated rings. The fraction of sp³-hybridized carbons (Fsp3) is 0.710. The number of aliphatic hydroxyl groups is 2. The average Bonchev–Trinajstić information content (AvgIpc) is 3.67. The molecule has 2 aromatic heterocycles. The fourth-order valence-corrected chi connectivity index (χ4v) is 9.30. The van der Waals surface area contributed by atoms with Gasteiger partial charge in [0.25, 0.3) is 0 Å². The van der Waals surface area contributed by atoms with E-state index in [-0.39, 0.29) is 65.6 Å². The molecule has 3 rings (SSSR count). The summed E-state index contributed by atoms with van der Waals surface area (Å²) in [7, 11) is -16.4. The lowest BCUT2D eigenvalue weighted by molar-refractivity contribution is -0.137. The number of ketones is 1.